The third-order valence-corrected chi connectivity index (χ3v) is 12.7. The normalized spacial score (nSPS) is 15.6. The van der Waals surface area contributed by atoms with E-state index in [1.165, 1.54) is 111 Å². The molecule has 3 aliphatic carbocycles. The van der Waals surface area contributed by atoms with Crippen LogP contribution in [0.4, 0.5) is 0 Å². The SMILES string of the molecule is c1ccc(C2c3ccccc3-c3cc(-c4ccc5c(c4)C(c4cccc6cc(-c7ccc8c(c7)Cc7ccccc7-8)ccc46)c4ccccc4-5)ccc32)cc1. The molecule has 55 heavy (non-hydrogen) atoms. The molecular weight excluding hydrogens is 661 g/mol. The van der Waals surface area contributed by atoms with Gasteiger partial charge < -0.3 is 0 Å². The van der Waals surface area contributed by atoms with E-state index >= 15 is 0 Å². The molecule has 0 fully saturated rings. The maximum Gasteiger partial charge on any atom is 0.0358 e. The Balaban J connectivity index is 0.951. The first-order valence-electron chi connectivity index (χ1n) is 19.5. The highest BCUT2D eigenvalue weighted by Gasteiger charge is 2.33. The number of benzene rings is 9. The summed E-state index contributed by atoms with van der Waals surface area (Å²) in [6, 6.07) is 73.1. The molecule has 3 aliphatic rings. The minimum Gasteiger partial charge on any atom is -0.0622 e. The van der Waals surface area contributed by atoms with Crippen molar-refractivity contribution >= 4 is 10.8 Å². The van der Waals surface area contributed by atoms with E-state index in [1.54, 1.807) is 0 Å². The third kappa shape index (κ3) is 4.65. The molecule has 0 nitrogen and oxygen atoms in total. The van der Waals surface area contributed by atoms with Gasteiger partial charge in [0.05, 0.1) is 0 Å². The van der Waals surface area contributed by atoms with E-state index in [2.05, 4.69) is 194 Å². The first kappa shape index (κ1) is 30.7. The van der Waals surface area contributed by atoms with Gasteiger partial charge in [-0.05, 0) is 136 Å². The summed E-state index contributed by atoms with van der Waals surface area (Å²) in [5.41, 5.74) is 24.3. The Hall–Kier alpha value is -6.76. The Bertz CT molecular complexity index is 3020. The quantitative estimate of drug-likeness (QED) is 0.172. The van der Waals surface area contributed by atoms with Gasteiger partial charge in [-0.2, -0.15) is 0 Å². The zero-order valence-electron chi connectivity index (χ0n) is 30.3. The van der Waals surface area contributed by atoms with Crippen molar-refractivity contribution in [2.45, 2.75) is 18.3 Å². The van der Waals surface area contributed by atoms with Crippen LogP contribution in [-0.2, 0) is 6.42 Å². The molecule has 2 unspecified atom stereocenters. The van der Waals surface area contributed by atoms with E-state index in [1.807, 2.05) is 0 Å². The first-order valence-corrected chi connectivity index (χ1v) is 19.5. The number of fused-ring (bicyclic) bond motifs is 10. The fourth-order valence-corrected chi connectivity index (χ4v) is 10.2. The lowest BCUT2D eigenvalue weighted by Gasteiger charge is -2.19. The van der Waals surface area contributed by atoms with Crippen molar-refractivity contribution in [2.24, 2.45) is 0 Å². The van der Waals surface area contributed by atoms with Crippen molar-refractivity contribution in [3.8, 4) is 55.6 Å². The second-order valence-electron chi connectivity index (χ2n) is 15.5. The van der Waals surface area contributed by atoms with Crippen LogP contribution in [0.1, 0.15) is 56.3 Å². The summed E-state index contributed by atoms with van der Waals surface area (Å²) in [5.74, 6) is 0.406. The van der Waals surface area contributed by atoms with Crippen LogP contribution in [0.25, 0.3) is 66.4 Å². The highest BCUT2D eigenvalue weighted by molar-refractivity contribution is 5.94. The zero-order chi connectivity index (χ0) is 36.0. The fourth-order valence-electron chi connectivity index (χ4n) is 10.2. The molecule has 9 aromatic rings. The van der Waals surface area contributed by atoms with Crippen LogP contribution in [0.15, 0.2) is 194 Å². The van der Waals surface area contributed by atoms with Gasteiger partial charge in [0.25, 0.3) is 0 Å². The average molecular weight is 697 g/mol. The maximum atomic E-state index is 2.48. The highest BCUT2D eigenvalue weighted by atomic mass is 14.4. The summed E-state index contributed by atoms with van der Waals surface area (Å²) < 4.78 is 0. The summed E-state index contributed by atoms with van der Waals surface area (Å²) in [6.07, 6.45) is 1.01. The minimum absolute atomic E-state index is 0.150. The average Bonchev–Trinajstić information content (AvgIpc) is 3.90. The van der Waals surface area contributed by atoms with Gasteiger partial charge in [0.15, 0.2) is 0 Å². The molecule has 0 spiro atoms. The predicted molar refractivity (Wildman–Crippen MR) is 229 cm³/mol. The zero-order valence-corrected chi connectivity index (χ0v) is 30.3. The highest BCUT2D eigenvalue weighted by Crippen LogP contribution is 2.52. The third-order valence-electron chi connectivity index (χ3n) is 12.7. The summed E-state index contributed by atoms with van der Waals surface area (Å²) in [5, 5.41) is 2.60. The smallest absolute Gasteiger partial charge is 0.0358 e. The molecule has 0 bridgehead atoms. The van der Waals surface area contributed by atoms with Crippen molar-refractivity contribution in [1.29, 1.82) is 0 Å². The largest absolute Gasteiger partial charge is 0.0622 e. The minimum atomic E-state index is 0.150. The topological polar surface area (TPSA) is 0 Å². The van der Waals surface area contributed by atoms with Crippen molar-refractivity contribution in [3.05, 3.63) is 239 Å². The van der Waals surface area contributed by atoms with Crippen LogP contribution in [-0.4, -0.2) is 0 Å². The molecule has 0 amide bonds. The molecular formula is C55H36. The van der Waals surface area contributed by atoms with E-state index in [-0.39, 0.29) is 11.8 Å². The second kappa shape index (κ2) is 11.9. The second-order valence-corrected chi connectivity index (χ2v) is 15.5. The van der Waals surface area contributed by atoms with Gasteiger partial charge in [0, 0.05) is 11.8 Å². The lowest BCUT2D eigenvalue weighted by atomic mass is 9.84. The van der Waals surface area contributed by atoms with Gasteiger partial charge in [-0.3, -0.25) is 0 Å². The van der Waals surface area contributed by atoms with Gasteiger partial charge in [-0.25, -0.2) is 0 Å². The van der Waals surface area contributed by atoms with E-state index in [9.17, 15) is 0 Å². The van der Waals surface area contributed by atoms with E-state index in [0.29, 0.717) is 0 Å². The Kier molecular flexibility index (Phi) is 6.62. The molecule has 0 saturated heterocycles. The van der Waals surface area contributed by atoms with E-state index < -0.39 is 0 Å². The number of hydrogen-bond acceptors (Lipinski definition) is 0. The van der Waals surface area contributed by atoms with Crippen LogP contribution in [0.5, 0.6) is 0 Å². The molecule has 0 radical (unpaired) electrons. The van der Waals surface area contributed by atoms with Crippen molar-refractivity contribution in [3.63, 3.8) is 0 Å². The van der Waals surface area contributed by atoms with Crippen molar-refractivity contribution in [2.75, 3.05) is 0 Å². The molecule has 0 N–H and O–H groups in total. The Morgan fingerprint density at radius 1 is 0.291 bits per heavy atom. The van der Waals surface area contributed by atoms with Gasteiger partial charge in [-0.15, -0.1) is 0 Å². The van der Waals surface area contributed by atoms with Crippen LogP contribution in [0.2, 0.25) is 0 Å². The lowest BCUT2D eigenvalue weighted by molar-refractivity contribution is 1.01. The van der Waals surface area contributed by atoms with E-state index in [4.69, 9.17) is 0 Å². The maximum absolute atomic E-state index is 2.48. The Labute approximate surface area is 322 Å². The molecule has 2 atom stereocenters. The summed E-state index contributed by atoms with van der Waals surface area (Å²) in [7, 11) is 0. The predicted octanol–water partition coefficient (Wildman–Crippen LogP) is 14.1. The summed E-state index contributed by atoms with van der Waals surface area (Å²) in [6.45, 7) is 0. The molecule has 12 rings (SSSR count). The van der Waals surface area contributed by atoms with Gasteiger partial charge >= 0.3 is 0 Å². The molecule has 0 heterocycles. The van der Waals surface area contributed by atoms with Gasteiger partial charge in [0.1, 0.15) is 0 Å². The summed E-state index contributed by atoms with van der Waals surface area (Å²) >= 11 is 0. The molecule has 0 heteroatoms. The van der Waals surface area contributed by atoms with Crippen molar-refractivity contribution < 1.29 is 0 Å². The van der Waals surface area contributed by atoms with Gasteiger partial charge in [-0.1, -0.05) is 176 Å². The molecule has 0 aromatic heterocycles. The Morgan fingerprint density at radius 3 is 1.71 bits per heavy atom. The Morgan fingerprint density at radius 2 is 0.855 bits per heavy atom. The monoisotopic (exact) mass is 696 g/mol. The van der Waals surface area contributed by atoms with Crippen molar-refractivity contribution in [1.82, 2.24) is 0 Å². The molecule has 0 saturated carbocycles. The molecule has 0 aliphatic heterocycles. The van der Waals surface area contributed by atoms with Gasteiger partial charge in [0.2, 0.25) is 0 Å². The fraction of sp³-hybridized carbons (Fsp3) is 0.0545. The number of hydrogen-bond donors (Lipinski definition) is 0. The summed E-state index contributed by atoms with van der Waals surface area (Å²) in [4.78, 5) is 0. The first-order chi connectivity index (χ1) is 27.3. The van der Waals surface area contributed by atoms with Crippen LogP contribution < -0.4 is 0 Å². The van der Waals surface area contributed by atoms with Crippen LogP contribution in [0.3, 0.4) is 0 Å². The molecule has 256 valence electrons. The number of rotatable bonds is 4. The molecule has 9 aromatic carbocycles. The van der Waals surface area contributed by atoms with Crippen LogP contribution in [0, 0.1) is 0 Å². The lowest BCUT2D eigenvalue weighted by Crippen LogP contribution is -2.01. The van der Waals surface area contributed by atoms with E-state index in [0.717, 1.165) is 6.42 Å². The van der Waals surface area contributed by atoms with Crippen LogP contribution >= 0.6 is 0 Å². The standard InChI is InChI=1S/C55H36/c1-2-11-34(12-3-1)54-49-18-8-7-17-46(49)52-32-37(24-28-51(52)54)38-23-27-47-45-16-6-9-19-50(45)55(53(47)33-38)48-20-10-14-40-29-35(21-25-43(40)48)36-22-26-44-41(30-36)31-39-13-4-5-15-42(39)44/h1-30,32-33,54-55H,31H2.